The molecule has 4 aromatic heterocycles. The smallest absolute Gasteiger partial charge is 0.235 e. The number of hydrogen-bond acceptors (Lipinski definition) is 4. The zero-order valence-electron chi connectivity index (χ0n) is 20.2. The van der Waals surface area contributed by atoms with Crippen molar-refractivity contribution in [2.24, 2.45) is 0 Å². The molecule has 0 bridgehead atoms. The molecule has 0 spiro atoms. The van der Waals surface area contributed by atoms with E-state index >= 15 is 0 Å². The Morgan fingerprint density at radius 2 is 1.24 bits per heavy atom. The number of hydrogen-bond donors (Lipinski definition) is 0. The first-order valence-electron chi connectivity index (χ1n) is 12.5. The molecule has 0 fully saturated rings. The van der Waals surface area contributed by atoms with Gasteiger partial charge in [-0.25, -0.2) is 9.97 Å². The number of benzene rings is 4. The summed E-state index contributed by atoms with van der Waals surface area (Å²) in [5.74, 6) is 0.642. The summed E-state index contributed by atoms with van der Waals surface area (Å²) in [4.78, 5) is 14.8. The molecule has 0 aliphatic heterocycles. The average Bonchev–Trinajstić information content (AvgIpc) is 3.54. The van der Waals surface area contributed by atoms with Gasteiger partial charge in [-0.15, -0.1) is 11.3 Å². The highest BCUT2D eigenvalue weighted by Gasteiger charge is 2.20. The highest BCUT2D eigenvalue weighted by atomic mass is 32.1. The maximum Gasteiger partial charge on any atom is 0.235 e. The predicted molar refractivity (Wildman–Crippen MR) is 158 cm³/mol. The van der Waals surface area contributed by atoms with Crippen molar-refractivity contribution in [3.63, 3.8) is 0 Å². The van der Waals surface area contributed by atoms with Crippen LogP contribution in [0.15, 0.2) is 122 Å². The van der Waals surface area contributed by atoms with Gasteiger partial charge in [0.2, 0.25) is 5.95 Å². The largest absolute Gasteiger partial charge is 0.275 e. The highest BCUT2D eigenvalue weighted by molar-refractivity contribution is 7.26. The Labute approximate surface area is 222 Å². The van der Waals surface area contributed by atoms with Crippen molar-refractivity contribution in [3.05, 3.63) is 122 Å². The van der Waals surface area contributed by atoms with Gasteiger partial charge in [0.15, 0.2) is 0 Å². The lowest BCUT2D eigenvalue weighted by Crippen LogP contribution is -2.04. The van der Waals surface area contributed by atoms with Crippen molar-refractivity contribution < 1.29 is 0 Å². The molecule has 0 amide bonds. The van der Waals surface area contributed by atoms with Crippen LogP contribution < -0.4 is 0 Å². The fraction of sp³-hybridized carbons (Fsp3) is 0. The fourth-order valence-corrected chi connectivity index (χ4v) is 6.62. The molecule has 0 saturated heterocycles. The number of nitrogens with zero attached hydrogens (tertiary/aromatic N) is 4. The van der Waals surface area contributed by atoms with E-state index in [2.05, 4.69) is 82.3 Å². The first-order valence-corrected chi connectivity index (χ1v) is 13.4. The summed E-state index contributed by atoms with van der Waals surface area (Å²) in [6, 6.07) is 37.9. The van der Waals surface area contributed by atoms with Crippen molar-refractivity contribution in [1.29, 1.82) is 0 Å². The van der Waals surface area contributed by atoms with Crippen LogP contribution in [0.2, 0.25) is 0 Å². The van der Waals surface area contributed by atoms with Gasteiger partial charge in [0, 0.05) is 43.6 Å². The molecule has 0 atom stereocenters. The number of aromatic nitrogens is 4. The normalized spacial score (nSPS) is 11.7. The van der Waals surface area contributed by atoms with Gasteiger partial charge in [-0.1, -0.05) is 91.0 Å². The van der Waals surface area contributed by atoms with Crippen LogP contribution in [-0.2, 0) is 0 Å². The van der Waals surface area contributed by atoms with Gasteiger partial charge in [0.05, 0.1) is 33.3 Å². The Morgan fingerprint density at radius 1 is 0.579 bits per heavy atom. The Balaban J connectivity index is 1.53. The monoisotopic (exact) mass is 504 g/mol. The Bertz CT molecular complexity index is 2070. The molecule has 4 aromatic carbocycles. The zero-order valence-corrected chi connectivity index (χ0v) is 21.1. The molecule has 8 rings (SSSR count). The SMILES string of the molecule is c1ccc(-c2cc(-c3ccccc3)nc(-n3c4cnccc4c4ccc5c6ccccc6sc5c43)n2)cc1. The first-order chi connectivity index (χ1) is 18.8. The summed E-state index contributed by atoms with van der Waals surface area (Å²) in [5, 5.41) is 4.84. The van der Waals surface area contributed by atoms with Crippen LogP contribution in [0.5, 0.6) is 0 Å². The Morgan fingerprint density at radius 3 is 1.97 bits per heavy atom. The minimum atomic E-state index is 0.642. The van der Waals surface area contributed by atoms with Crippen molar-refractivity contribution in [1.82, 2.24) is 19.5 Å². The summed E-state index contributed by atoms with van der Waals surface area (Å²) in [6.45, 7) is 0. The van der Waals surface area contributed by atoms with Crippen LogP contribution in [0.1, 0.15) is 0 Å². The molecule has 4 heterocycles. The minimum Gasteiger partial charge on any atom is -0.275 e. The molecule has 0 aliphatic carbocycles. The van der Waals surface area contributed by atoms with Crippen LogP contribution in [0.3, 0.4) is 0 Å². The van der Waals surface area contributed by atoms with Crippen molar-refractivity contribution >= 4 is 53.3 Å². The van der Waals surface area contributed by atoms with Crippen LogP contribution in [0.4, 0.5) is 0 Å². The Hall–Kier alpha value is -4.87. The van der Waals surface area contributed by atoms with Gasteiger partial charge < -0.3 is 0 Å². The first kappa shape index (κ1) is 21.2. The summed E-state index contributed by atoms with van der Waals surface area (Å²) in [5.41, 5.74) is 6.00. The van der Waals surface area contributed by atoms with Gasteiger partial charge in [0.25, 0.3) is 0 Å². The van der Waals surface area contributed by atoms with E-state index in [1.165, 1.54) is 25.6 Å². The minimum absolute atomic E-state index is 0.642. The maximum atomic E-state index is 5.16. The second-order valence-electron chi connectivity index (χ2n) is 9.34. The molecular weight excluding hydrogens is 484 g/mol. The highest BCUT2D eigenvalue weighted by Crippen LogP contribution is 2.42. The molecule has 0 aliphatic rings. The topological polar surface area (TPSA) is 43.6 Å². The molecular formula is C33H20N4S. The Kier molecular flexibility index (Phi) is 4.66. The molecule has 0 N–H and O–H groups in total. The molecule has 0 radical (unpaired) electrons. The van der Waals surface area contributed by atoms with Gasteiger partial charge in [-0.3, -0.25) is 9.55 Å². The predicted octanol–water partition coefficient (Wildman–Crippen LogP) is 8.67. The zero-order chi connectivity index (χ0) is 25.1. The van der Waals surface area contributed by atoms with E-state index in [4.69, 9.17) is 9.97 Å². The lowest BCUT2D eigenvalue weighted by molar-refractivity contribution is 0.995. The number of fused-ring (bicyclic) bond motifs is 7. The van der Waals surface area contributed by atoms with E-state index in [1.54, 1.807) is 0 Å². The number of thiophene rings is 1. The van der Waals surface area contributed by atoms with E-state index < -0.39 is 0 Å². The third-order valence-electron chi connectivity index (χ3n) is 7.13. The molecule has 5 heteroatoms. The maximum absolute atomic E-state index is 5.16. The van der Waals surface area contributed by atoms with E-state index in [0.29, 0.717) is 5.95 Å². The van der Waals surface area contributed by atoms with Crippen LogP contribution >= 0.6 is 11.3 Å². The lowest BCUT2D eigenvalue weighted by atomic mass is 10.1. The third kappa shape index (κ3) is 3.19. The summed E-state index contributed by atoms with van der Waals surface area (Å²) in [7, 11) is 0. The van der Waals surface area contributed by atoms with E-state index in [-0.39, 0.29) is 0 Å². The second kappa shape index (κ2) is 8.33. The van der Waals surface area contributed by atoms with E-state index in [9.17, 15) is 0 Å². The van der Waals surface area contributed by atoms with E-state index in [1.807, 2.05) is 60.1 Å². The van der Waals surface area contributed by atoms with Gasteiger partial charge in [-0.2, -0.15) is 0 Å². The quantitative estimate of drug-likeness (QED) is 0.242. The summed E-state index contributed by atoms with van der Waals surface area (Å²) < 4.78 is 4.71. The number of pyridine rings is 1. The van der Waals surface area contributed by atoms with Crippen LogP contribution in [-0.4, -0.2) is 19.5 Å². The van der Waals surface area contributed by atoms with E-state index in [0.717, 1.165) is 38.9 Å². The molecule has 8 aromatic rings. The molecule has 0 saturated carbocycles. The number of rotatable bonds is 3. The van der Waals surface area contributed by atoms with Crippen molar-refractivity contribution in [3.8, 4) is 28.5 Å². The van der Waals surface area contributed by atoms with Gasteiger partial charge in [-0.05, 0) is 18.2 Å². The van der Waals surface area contributed by atoms with Crippen molar-refractivity contribution in [2.75, 3.05) is 0 Å². The van der Waals surface area contributed by atoms with Crippen LogP contribution in [0, 0.1) is 0 Å². The fourth-order valence-electron chi connectivity index (χ4n) is 5.38. The molecule has 178 valence electrons. The molecule has 0 unspecified atom stereocenters. The second-order valence-corrected chi connectivity index (χ2v) is 10.4. The molecule has 38 heavy (non-hydrogen) atoms. The average molecular weight is 505 g/mol. The summed E-state index contributed by atoms with van der Waals surface area (Å²) in [6.07, 6.45) is 3.78. The standard InChI is InChI=1S/C33H20N4S/c1-3-9-21(10-4-1)27-19-28(22-11-5-2-6-12-22)36-33(35-27)37-29-20-34-18-17-23(29)25-15-16-26-24-13-7-8-14-30(24)38-32(26)31(25)37/h1-20H. The molecule has 4 nitrogen and oxygen atoms in total. The van der Waals surface area contributed by atoms with Crippen molar-refractivity contribution in [2.45, 2.75) is 0 Å². The van der Waals surface area contributed by atoms with Gasteiger partial charge >= 0.3 is 0 Å². The van der Waals surface area contributed by atoms with Crippen LogP contribution in [0.25, 0.3) is 70.4 Å². The summed E-state index contributed by atoms with van der Waals surface area (Å²) >= 11 is 1.82. The van der Waals surface area contributed by atoms with Gasteiger partial charge in [0.1, 0.15) is 0 Å². The lowest BCUT2D eigenvalue weighted by Gasteiger charge is -2.12. The third-order valence-corrected chi connectivity index (χ3v) is 8.32.